The van der Waals surface area contributed by atoms with Crippen molar-refractivity contribution in [2.75, 3.05) is 26.5 Å². The minimum atomic E-state index is -3.31. The van der Waals surface area contributed by atoms with Crippen LogP contribution in [0.15, 0.2) is 0 Å². The van der Waals surface area contributed by atoms with Gasteiger partial charge >= 0.3 is 5.97 Å². The molecule has 0 saturated heterocycles. The van der Waals surface area contributed by atoms with Crippen LogP contribution in [0.1, 0.15) is 20.3 Å². The van der Waals surface area contributed by atoms with Gasteiger partial charge in [0.1, 0.15) is 6.54 Å². The SMILES string of the molecule is CC(C)CCOC(=O)CN(C)S(C)(=O)=O. The van der Waals surface area contributed by atoms with Crippen LogP contribution in [0.4, 0.5) is 0 Å². The first-order chi connectivity index (χ1) is 6.73. The van der Waals surface area contributed by atoms with Gasteiger partial charge in [0.25, 0.3) is 0 Å². The molecule has 0 bridgehead atoms. The molecular weight excluding hydrogens is 218 g/mol. The van der Waals surface area contributed by atoms with Gasteiger partial charge in [0, 0.05) is 7.05 Å². The fourth-order valence-electron chi connectivity index (χ4n) is 0.753. The zero-order chi connectivity index (χ0) is 12.1. The summed E-state index contributed by atoms with van der Waals surface area (Å²) in [5.74, 6) is -0.0472. The lowest BCUT2D eigenvalue weighted by atomic mass is 10.1. The lowest BCUT2D eigenvalue weighted by Gasteiger charge is -2.13. The summed E-state index contributed by atoms with van der Waals surface area (Å²) < 4.78 is 27.8. The van der Waals surface area contributed by atoms with Gasteiger partial charge < -0.3 is 4.74 Å². The lowest BCUT2D eigenvalue weighted by Crippen LogP contribution is -2.32. The first kappa shape index (κ1) is 14.4. The van der Waals surface area contributed by atoms with E-state index in [0.717, 1.165) is 17.0 Å². The number of sulfonamides is 1. The number of esters is 1. The summed E-state index contributed by atoms with van der Waals surface area (Å²) >= 11 is 0. The summed E-state index contributed by atoms with van der Waals surface area (Å²) in [6.45, 7) is 4.16. The highest BCUT2D eigenvalue weighted by atomic mass is 32.2. The van der Waals surface area contributed by atoms with Crippen LogP contribution in [0.3, 0.4) is 0 Å². The van der Waals surface area contributed by atoms with E-state index in [1.165, 1.54) is 7.05 Å². The van der Waals surface area contributed by atoms with E-state index in [2.05, 4.69) is 0 Å². The maximum atomic E-state index is 11.2. The summed E-state index contributed by atoms with van der Waals surface area (Å²) in [5.41, 5.74) is 0. The van der Waals surface area contributed by atoms with Crippen LogP contribution in [-0.4, -0.2) is 45.1 Å². The topological polar surface area (TPSA) is 63.7 Å². The molecule has 6 heteroatoms. The Bertz CT molecular complexity index is 297. The van der Waals surface area contributed by atoms with Gasteiger partial charge in [0.15, 0.2) is 0 Å². The Morgan fingerprint density at radius 2 is 1.93 bits per heavy atom. The molecule has 0 aromatic rings. The number of likely N-dealkylation sites (N-methyl/N-ethyl adjacent to an activating group) is 1. The van der Waals surface area contributed by atoms with Crippen LogP contribution < -0.4 is 0 Å². The van der Waals surface area contributed by atoms with Crippen molar-refractivity contribution < 1.29 is 17.9 Å². The molecule has 0 aromatic heterocycles. The molecule has 0 radical (unpaired) electrons. The Kier molecular flexibility index (Phi) is 5.82. The number of nitrogens with zero attached hydrogens (tertiary/aromatic N) is 1. The molecule has 0 N–H and O–H groups in total. The van der Waals surface area contributed by atoms with Gasteiger partial charge in [-0.3, -0.25) is 4.79 Å². The predicted octanol–water partition coefficient (Wildman–Crippen LogP) is 0.467. The third-order valence-electron chi connectivity index (χ3n) is 1.88. The van der Waals surface area contributed by atoms with E-state index >= 15 is 0 Å². The Morgan fingerprint density at radius 3 is 2.33 bits per heavy atom. The van der Waals surface area contributed by atoms with Crippen molar-refractivity contribution in [1.82, 2.24) is 4.31 Å². The Labute approximate surface area is 91.5 Å². The summed E-state index contributed by atoms with van der Waals surface area (Å²) in [6, 6.07) is 0. The van der Waals surface area contributed by atoms with E-state index in [4.69, 9.17) is 4.74 Å². The number of hydrogen-bond donors (Lipinski definition) is 0. The Hall–Kier alpha value is -0.620. The third-order valence-corrected chi connectivity index (χ3v) is 3.14. The standard InChI is InChI=1S/C9H19NO4S/c1-8(2)5-6-14-9(11)7-10(3)15(4,12)13/h8H,5-7H2,1-4H3. The van der Waals surface area contributed by atoms with Crippen molar-refractivity contribution in [2.24, 2.45) is 5.92 Å². The highest BCUT2D eigenvalue weighted by molar-refractivity contribution is 7.88. The molecule has 90 valence electrons. The van der Waals surface area contributed by atoms with Crippen molar-refractivity contribution in [3.63, 3.8) is 0 Å². The zero-order valence-electron chi connectivity index (χ0n) is 9.69. The molecule has 0 aromatic carbocycles. The van der Waals surface area contributed by atoms with Gasteiger partial charge in [-0.2, -0.15) is 4.31 Å². The monoisotopic (exact) mass is 237 g/mol. The molecule has 15 heavy (non-hydrogen) atoms. The van der Waals surface area contributed by atoms with Gasteiger partial charge in [0.2, 0.25) is 10.0 Å². The second-order valence-electron chi connectivity index (χ2n) is 3.92. The minimum Gasteiger partial charge on any atom is -0.465 e. The molecule has 0 aliphatic rings. The normalized spacial score (nSPS) is 12.1. The van der Waals surface area contributed by atoms with E-state index in [1.807, 2.05) is 13.8 Å². The van der Waals surface area contributed by atoms with Gasteiger partial charge in [0.05, 0.1) is 12.9 Å². The van der Waals surface area contributed by atoms with Crippen molar-refractivity contribution in [1.29, 1.82) is 0 Å². The van der Waals surface area contributed by atoms with E-state index in [-0.39, 0.29) is 6.54 Å². The van der Waals surface area contributed by atoms with Crippen molar-refractivity contribution in [2.45, 2.75) is 20.3 Å². The lowest BCUT2D eigenvalue weighted by molar-refractivity contribution is -0.143. The quantitative estimate of drug-likeness (QED) is 0.630. The van der Waals surface area contributed by atoms with Crippen LogP contribution >= 0.6 is 0 Å². The largest absolute Gasteiger partial charge is 0.465 e. The molecule has 0 atom stereocenters. The molecule has 5 nitrogen and oxygen atoms in total. The van der Waals surface area contributed by atoms with Gasteiger partial charge in [-0.25, -0.2) is 8.42 Å². The van der Waals surface area contributed by atoms with E-state index in [1.54, 1.807) is 0 Å². The van der Waals surface area contributed by atoms with Gasteiger partial charge in [-0.1, -0.05) is 13.8 Å². The average molecular weight is 237 g/mol. The molecule has 0 rings (SSSR count). The van der Waals surface area contributed by atoms with Crippen LogP contribution in [0.2, 0.25) is 0 Å². The first-order valence-electron chi connectivity index (χ1n) is 4.80. The van der Waals surface area contributed by atoms with Gasteiger partial charge in [-0.15, -0.1) is 0 Å². The molecule has 0 aliphatic carbocycles. The van der Waals surface area contributed by atoms with Crippen LogP contribution in [-0.2, 0) is 19.6 Å². The van der Waals surface area contributed by atoms with E-state index in [9.17, 15) is 13.2 Å². The van der Waals surface area contributed by atoms with Crippen molar-refractivity contribution in [3.8, 4) is 0 Å². The second kappa shape index (κ2) is 6.07. The number of ether oxygens (including phenoxy) is 1. The van der Waals surface area contributed by atoms with E-state index < -0.39 is 16.0 Å². The summed E-state index contributed by atoms with van der Waals surface area (Å²) in [4.78, 5) is 11.2. The highest BCUT2D eigenvalue weighted by Crippen LogP contribution is 2.00. The van der Waals surface area contributed by atoms with Crippen molar-refractivity contribution >= 4 is 16.0 Å². The molecule has 0 heterocycles. The molecule has 0 fully saturated rings. The molecule has 0 spiro atoms. The summed E-state index contributed by atoms with van der Waals surface area (Å²) in [7, 11) is -1.96. The fraction of sp³-hybridized carbons (Fsp3) is 0.889. The summed E-state index contributed by atoms with van der Waals surface area (Å²) in [6.07, 6.45) is 1.84. The minimum absolute atomic E-state index is 0.225. The second-order valence-corrected chi connectivity index (χ2v) is 6.01. The van der Waals surface area contributed by atoms with Crippen LogP contribution in [0.5, 0.6) is 0 Å². The highest BCUT2D eigenvalue weighted by Gasteiger charge is 2.15. The number of carbonyl (C=O) groups is 1. The molecule has 0 saturated carbocycles. The fourth-order valence-corrected chi connectivity index (χ4v) is 1.09. The molecule has 0 unspecified atom stereocenters. The van der Waals surface area contributed by atoms with Crippen LogP contribution in [0, 0.1) is 5.92 Å². The van der Waals surface area contributed by atoms with Gasteiger partial charge in [-0.05, 0) is 12.3 Å². The molecule has 0 aliphatic heterocycles. The Balaban J connectivity index is 3.85. The predicted molar refractivity (Wildman–Crippen MR) is 57.9 cm³/mol. The maximum Gasteiger partial charge on any atom is 0.321 e. The van der Waals surface area contributed by atoms with E-state index in [0.29, 0.717) is 12.5 Å². The third kappa shape index (κ3) is 7.33. The number of rotatable bonds is 6. The Morgan fingerprint density at radius 1 is 1.40 bits per heavy atom. The molecular formula is C9H19NO4S. The average Bonchev–Trinajstić information content (AvgIpc) is 2.01. The van der Waals surface area contributed by atoms with Crippen LogP contribution in [0.25, 0.3) is 0 Å². The zero-order valence-corrected chi connectivity index (χ0v) is 10.5. The number of hydrogen-bond acceptors (Lipinski definition) is 4. The molecule has 0 amide bonds. The summed E-state index contributed by atoms with van der Waals surface area (Å²) in [5, 5.41) is 0. The smallest absolute Gasteiger partial charge is 0.321 e. The van der Waals surface area contributed by atoms with Crippen molar-refractivity contribution in [3.05, 3.63) is 0 Å². The maximum absolute atomic E-state index is 11.2. The number of carbonyl (C=O) groups excluding carboxylic acids is 1. The first-order valence-corrected chi connectivity index (χ1v) is 6.65.